The molecule has 2 heterocycles. The maximum atomic E-state index is 12.5. The number of rotatable bonds is 7. The molecule has 1 atom stereocenters. The second-order valence-corrected chi connectivity index (χ2v) is 10.9. The minimum atomic E-state index is -0.469. The van der Waals surface area contributed by atoms with Gasteiger partial charge in [-0.05, 0) is 78.6 Å². The molecule has 1 N–H and O–H groups in total. The predicted molar refractivity (Wildman–Crippen MR) is 148 cm³/mol. The molecule has 37 heavy (non-hydrogen) atoms. The number of esters is 1. The average Bonchev–Trinajstić information content (AvgIpc) is 3.12. The number of ether oxygens (including phenoxy) is 3. The molecule has 0 saturated carbocycles. The smallest absolute Gasteiger partial charge is 0.339 e. The topological polar surface area (TPSA) is 86.2 Å². The number of nitrogens with zero attached hydrogens (tertiary/aromatic N) is 1. The molecule has 4 rings (SSSR count). The summed E-state index contributed by atoms with van der Waals surface area (Å²) in [6.45, 7) is 14.2. The monoisotopic (exact) mass is 528 g/mol. The fourth-order valence-electron chi connectivity index (χ4n) is 4.97. The van der Waals surface area contributed by atoms with Crippen molar-refractivity contribution in [1.82, 2.24) is 0 Å². The standard InChI is InChI=1S/C29H36N2O5.ClH/c1-9-35-23-13-19-14-28(4,5)31-25(24(19)21-15-29(6,7)36-26(21)23)18-10-11-20(27(33)34-8)22(12-18)30-16(2)17(3)32;/h10-13,16,30H,9,14-15H2,1-8H3;1H. The van der Waals surface area contributed by atoms with Gasteiger partial charge >= 0.3 is 5.97 Å². The van der Waals surface area contributed by atoms with E-state index in [1.165, 1.54) is 14.0 Å². The number of nitrogens with one attached hydrogen (secondary N) is 1. The SMILES string of the molecule is CCOc1cc2c(c3c1OC(C)(C)C3)C(c1ccc(C(=O)OC)c(NC(C)C(C)=O)c1)=NC(C)(C)C2.Cl. The summed E-state index contributed by atoms with van der Waals surface area (Å²) in [5.74, 6) is 1.05. The van der Waals surface area contributed by atoms with Gasteiger partial charge in [-0.15, -0.1) is 12.4 Å². The maximum Gasteiger partial charge on any atom is 0.339 e. The van der Waals surface area contributed by atoms with Gasteiger partial charge in [0.05, 0.1) is 36.6 Å². The largest absolute Gasteiger partial charge is 0.490 e. The summed E-state index contributed by atoms with van der Waals surface area (Å²) >= 11 is 0. The first-order valence-electron chi connectivity index (χ1n) is 12.5. The van der Waals surface area contributed by atoms with E-state index in [0.717, 1.165) is 52.3 Å². The van der Waals surface area contributed by atoms with Crippen LogP contribution in [0.3, 0.4) is 0 Å². The van der Waals surface area contributed by atoms with Crippen LogP contribution in [0.5, 0.6) is 11.5 Å². The number of hydrogen-bond donors (Lipinski definition) is 1. The molecule has 2 aliphatic rings. The van der Waals surface area contributed by atoms with Crippen LogP contribution >= 0.6 is 12.4 Å². The number of methoxy groups -OCH3 is 1. The van der Waals surface area contributed by atoms with Crippen molar-refractivity contribution in [2.24, 2.45) is 4.99 Å². The Labute approximate surface area is 225 Å². The van der Waals surface area contributed by atoms with E-state index in [1.807, 2.05) is 19.1 Å². The molecule has 0 bridgehead atoms. The van der Waals surface area contributed by atoms with Crippen LogP contribution < -0.4 is 14.8 Å². The van der Waals surface area contributed by atoms with Gasteiger partial charge in [0.15, 0.2) is 17.3 Å². The first-order valence-corrected chi connectivity index (χ1v) is 12.5. The third-order valence-corrected chi connectivity index (χ3v) is 6.66. The Balaban J connectivity index is 0.00000380. The molecule has 1 unspecified atom stereocenters. The van der Waals surface area contributed by atoms with E-state index in [-0.39, 0.29) is 29.3 Å². The van der Waals surface area contributed by atoms with Crippen LogP contribution in [-0.2, 0) is 22.4 Å². The number of carbonyl (C=O) groups excluding carboxylic acids is 2. The second-order valence-electron chi connectivity index (χ2n) is 10.9. The van der Waals surface area contributed by atoms with E-state index in [2.05, 4.69) is 39.1 Å². The fourth-order valence-corrected chi connectivity index (χ4v) is 4.97. The molecule has 0 aromatic heterocycles. The van der Waals surface area contributed by atoms with E-state index in [4.69, 9.17) is 19.2 Å². The Morgan fingerprint density at radius 2 is 1.86 bits per heavy atom. The van der Waals surface area contributed by atoms with Crippen molar-refractivity contribution >= 4 is 35.6 Å². The van der Waals surface area contributed by atoms with Crippen molar-refractivity contribution < 1.29 is 23.8 Å². The predicted octanol–water partition coefficient (Wildman–Crippen LogP) is 5.57. The summed E-state index contributed by atoms with van der Waals surface area (Å²) in [5.41, 5.74) is 5.23. The van der Waals surface area contributed by atoms with Crippen molar-refractivity contribution in [1.29, 1.82) is 0 Å². The molecule has 2 aliphatic heterocycles. The van der Waals surface area contributed by atoms with Gasteiger partial charge in [0.25, 0.3) is 0 Å². The van der Waals surface area contributed by atoms with E-state index in [0.29, 0.717) is 17.9 Å². The molecule has 2 aromatic rings. The summed E-state index contributed by atoms with van der Waals surface area (Å²) in [6, 6.07) is 7.14. The zero-order valence-electron chi connectivity index (χ0n) is 22.9. The van der Waals surface area contributed by atoms with Crippen LogP contribution in [0.1, 0.15) is 81.1 Å². The molecule has 0 amide bonds. The Morgan fingerprint density at radius 1 is 1.16 bits per heavy atom. The van der Waals surface area contributed by atoms with Crippen LogP contribution in [0.25, 0.3) is 0 Å². The number of halogens is 1. The molecular formula is C29H37ClN2O5. The van der Waals surface area contributed by atoms with Crippen LogP contribution in [0, 0.1) is 0 Å². The number of hydrogen-bond acceptors (Lipinski definition) is 7. The normalized spacial score (nSPS) is 17.2. The summed E-state index contributed by atoms with van der Waals surface area (Å²) < 4.78 is 17.3. The Kier molecular flexibility index (Phi) is 7.99. The lowest BCUT2D eigenvalue weighted by Crippen LogP contribution is -2.31. The van der Waals surface area contributed by atoms with Gasteiger partial charge in [-0.2, -0.15) is 0 Å². The highest BCUT2D eigenvalue weighted by atomic mass is 35.5. The van der Waals surface area contributed by atoms with Crippen molar-refractivity contribution in [2.45, 2.75) is 78.5 Å². The average molecular weight is 529 g/mol. The highest BCUT2D eigenvalue weighted by Crippen LogP contribution is 2.48. The Bertz CT molecular complexity index is 1270. The highest BCUT2D eigenvalue weighted by molar-refractivity contribution is 6.17. The van der Waals surface area contributed by atoms with E-state index >= 15 is 0 Å². The van der Waals surface area contributed by atoms with E-state index in [1.54, 1.807) is 13.0 Å². The molecule has 0 aliphatic carbocycles. The third kappa shape index (κ3) is 5.61. The summed E-state index contributed by atoms with van der Waals surface area (Å²) in [4.78, 5) is 29.7. The second kappa shape index (κ2) is 10.4. The maximum absolute atomic E-state index is 12.5. The first kappa shape index (κ1) is 28.5. The lowest BCUT2D eigenvalue weighted by Gasteiger charge is -2.31. The van der Waals surface area contributed by atoms with Crippen molar-refractivity contribution in [3.63, 3.8) is 0 Å². The molecular weight excluding hydrogens is 492 g/mol. The van der Waals surface area contributed by atoms with Gasteiger partial charge in [0.2, 0.25) is 0 Å². The van der Waals surface area contributed by atoms with Gasteiger partial charge in [-0.25, -0.2) is 4.79 Å². The number of aliphatic imine (C=N–C) groups is 1. The van der Waals surface area contributed by atoms with Crippen LogP contribution in [0.4, 0.5) is 5.69 Å². The van der Waals surface area contributed by atoms with Crippen LogP contribution in [0.15, 0.2) is 29.3 Å². The van der Waals surface area contributed by atoms with E-state index in [9.17, 15) is 9.59 Å². The van der Waals surface area contributed by atoms with Gasteiger partial charge in [-0.1, -0.05) is 6.07 Å². The zero-order chi connectivity index (χ0) is 26.4. The molecule has 200 valence electrons. The molecule has 0 fully saturated rings. The summed E-state index contributed by atoms with van der Waals surface area (Å²) in [5, 5.41) is 3.19. The van der Waals surface area contributed by atoms with Crippen molar-refractivity contribution in [3.05, 3.63) is 52.1 Å². The number of carbonyl (C=O) groups is 2. The quantitative estimate of drug-likeness (QED) is 0.473. The minimum absolute atomic E-state index is 0. The lowest BCUT2D eigenvalue weighted by molar-refractivity contribution is -0.117. The lowest BCUT2D eigenvalue weighted by atomic mass is 9.80. The number of Topliss-reactive ketones (excluding diaryl/α,β-unsaturated/α-hetero) is 1. The van der Waals surface area contributed by atoms with Gasteiger partial charge < -0.3 is 19.5 Å². The molecule has 0 saturated heterocycles. The first-order chi connectivity index (χ1) is 16.9. The molecule has 0 spiro atoms. The van der Waals surface area contributed by atoms with E-state index < -0.39 is 12.0 Å². The van der Waals surface area contributed by atoms with Gasteiger partial charge in [-0.3, -0.25) is 9.79 Å². The molecule has 2 aromatic carbocycles. The molecule has 7 nitrogen and oxygen atoms in total. The van der Waals surface area contributed by atoms with Crippen LogP contribution in [0.2, 0.25) is 0 Å². The van der Waals surface area contributed by atoms with Gasteiger partial charge in [0.1, 0.15) is 5.60 Å². The summed E-state index contributed by atoms with van der Waals surface area (Å²) in [7, 11) is 1.35. The summed E-state index contributed by atoms with van der Waals surface area (Å²) in [6.07, 6.45) is 1.50. The third-order valence-electron chi connectivity index (χ3n) is 6.66. The van der Waals surface area contributed by atoms with Gasteiger partial charge in [0, 0.05) is 28.8 Å². The van der Waals surface area contributed by atoms with Crippen molar-refractivity contribution in [3.8, 4) is 11.5 Å². The fraction of sp³-hybridized carbons (Fsp3) is 0.483. The number of benzene rings is 2. The highest BCUT2D eigenvalue weighted by Gasteiger charge is 2.40. The minimum Gasteiger partial charge on any atom is -0.490 e. The number of fused-ring (bicyclic) bond motifs is 3. The number of anilines is 1. The van der Waals surface area contributed by atoms with Crippen molar-refractivity contribution in [2.75, 3.05) is 19.0 Å². The zero-order valence-corrected chi connectivity index (χ0v) is 23.7. The van der Waals surface area contributed by atoms with Crippen LogP contribution in [-0.4, -0.2) is 48.4 Å². The molecule has 0 radical (unpaired) electrons. The molecule has 8 heteroatoms. The number of ketones is 1. The Hall–Kier alpha value is -3.06. The Morgan fingerprint density at radius 3 is 2.49 bits per heavy atom.